The van der Waals surface area contributed by atoms with E-state index in [1.165, 1.54) is 6.08 Å². The zero-order chi connectivity index (χ0) is 26.2. The van der Waals surface area contributed by atoms with E-state index >= 15 is 0 Å². The molecule has 186 valence electrons. The smallest absolute Gasteiger partial charge is 0.266 e. The van der Waals surface area contributed by atoms with Gasteiger partial charge < -0.3 is 19.5 Å². The van der Waals surface area contributed by atoms with Gasteiger partial charge in [0.15, 0.2) is 11.5 Å². The molecule has 0 heterocycles. The van der Waals surface area contributed by atoms with Gasteiger partial charge in [0.1, 0.15) is 24.0 Å². The van der Waals surface area contributed by atoms with E-state index in [0.717, 1.165) is 19.9 Å². The molecule has 0 unspecified atom stereocenters. The van der Waals surface area contributed by atoms with E-state index < -0.39 is 5.91 Å². The van der Waals surface area contributed by atoms with E-state index in [4.69, 9.17) is 14.2 Å². The van der Waals surface area contributed by atoms with Crippen LogP contribution in [-0.2, 0) is 11.4 Å². The lowest BCUT2D eigenvalue weighted by Gasteiger charge is -2.15. The van der Waals surface area contributed by atoms with Gasteiger partial charge in [0.25, 0.3) is 5.91 Å². The molecular weight excluding hydrogens is 579 g/mol. The molecule has 1 amide bonds. The zero-order valence-corrected chi connectivity index (χ0v) is 22.6. The van der Waals surface area contributed by atoms with Gasteiger partial charge in [-0.2, -0.15) is 5.26 Å². The van der Waals surface area contributed by atoms with Gasteiger partial charge in [-0.1, -0.05) is 48.5 Å². The lowest BCUT2D eigenvalue weighted by molar-refractivity contribution is -0.112. The van der Waals surface area contributed by atoms with Gasteiger partial charge in [0, 0.05) is 11.8 Å². The Balaban J connectivity index is 1.55. The minimum Gasteiger partial charge on any atom is -0.494 e. The monoisotopic (exact) mass is 604 g/mol. The van der Waals surface area contributed by atoms with Crippen LogP contribution in [0.3, 0.4) is 0 Å². The average molecular weight is 604 g/mol. The molecule has 6 nitrogen and oxygen atoms in total. The molecular formula is C30H25IN2O4. The number of amides is 1. The number of nitriles is 1. The van der Waals surface area contributed by atoms with Crippen LogP contribution in [0.4, 0.5) is 5.69 Å². The Kier molecular flexibility index (Phi) is 8.64. The third-order valence-corrected chi connectivity index (χ3v) is 6.38. The predicted molar refractivity (Wildman–Crippen MR) is 154 cm³/mol. The van der Waals surface area contributed by atoms with Gasteiger partial charge in [-0.15, -0.1) is 0 Å². The van der Waals surface area contributed by atoms with E-state index in [9.17, 15) is 10.1 Å². The fourth-order valence-electron chi connectivity index (χ4n) is 3.88. The summed E-state index contributed by atoms with van der Waals surface area (Å²) >= 11 is 2.17. The second-order valence-corrected chi connectivity index (χ2v) is 9.21. The third kappa shape index (κ3) is 6.40. The number of nitrogens with zero attached hydrogens (tertiary/aromatic N) is 1. The minimum absolute atomic E-state index is 0.0379. The van der Waals surface area contributed by atoms with Crippen molar-refractivity contribution in [2.45, 2.75) is 13.5 Å². The number of carbonyl (C=O) groups excluding carboxylic acids is 1. The number of fused-ring (bicyclic) bond motifs is 1. The van der Waals surface area contributed by atoms with Crippen LogP contribution in [-0.4, -0.2) is 19.6 Å². The number of halogens is 1. The topological polar surface area (TPSA) is 80.6 Å². The molecule has 0 fully saturated rings. The summed E-state index contributed by atoms with van der Waals surface area (Å²) in [6.45, 7) is 2.77. The number of nitrogens with one attached hydrogen (secondary N) is 1. The van der Waals surface area contributed by atoms with Crippen LogP contribution in [0.1, 0.15) is 18.1 Å². The van der Waals surface area contributed by atoms with Crippen molar-refractivity contribution in [3.63, 3.8) is 0 Å². The molecule has 0 aliphatic heterocycles. The van der Waals surface area contributed by atoms with Crippen LogP contribution in [0.25, 0.3) is 16.8 Å². The summed E-state index contributed by atoms with van der Waals surface area (Å²) in [5.74, 6) is 1.24. The van der Waals surface area contributed by atoms with Gasteiger partial charge in [0.2, 0.25) is 0 Å². The third-order valence-electron chi connectivity index (χ3n) is 5.58. The summed E-state index contributed by atoms with van der Waals surface area (Å²) in [7, 11) is 1.56. The number of hydrogen-bond acceptors (Lipinski definition) is 5. The van der Waals surface area contributed by atoms with Crippen molar-refractivity contribution >= 4 is 51.0 Å². The number of hydrogen-bond donors (Lipinski definition) is 1. The molecule has 0 bridgehead atoms. The highest BCUT2D eigenvalue weighted by molar-refractivity contribution is 14.1. The molecule has 0 aliphatic carbocycles. The van der Waals surface area contributed by atoms with Crippen LogP contribution in [0.5, 0.6) is 17.2 Å². The fraction of sp³-hybridized carbons (Fsp3) is 0.133. The molecule has 0 spiro atoms. The van der Waals surface area contributed by atoms with E-state index in [1.807, 2.05) is 43.3 Å². The molecule has 7 heteroatoms. The highest BCUT2D eigenvalue weighted by Gasteiger charge is 2.15. The maximum atomic E-state index is 12.8. The first kappa shape index (κ1) is 26.0. The lowest BCUT2D eigenvalue weighted by atomic mass is 10.1. The van der Waals surface area contributed by atoms with Crippen LogP contribution in [0, 0.1) is 14.9 Å². The normalized spacial score (nSPS) is 11.0. The minimum atomic E-state index is -0.513. The molecule has 0 aromatic heterocycles. The van der Waals surface area contributed by atoms with E-state index in [0.29, 0.717) is 41.7 Å². The SMILES string of the molecule is CCOc1cccc(NC(=O)/C(C#N)=C\c2cc(I)c(OCc3cccc4ccccc34)c(OC)c2)c1. The maximum Gasteiger partial charge on any atom is 0.266 e. The Hall–Kier alpha value is -4.03. The van der Waals surface area contributed by atoms with Crippen molar-refractivity contribution in [1.29, 1.82) is 5.26 Å². The van der Waals surface area contributed by atoms with E-state index in [1.54, 1.807) is 37.4 Å². The number of methoxy groups -OCH3 is 1. The molecule has 1 N–H and O–H groups in total. The van der Waals surface area contributed by atoms with Crippen LogP contribution in [0.15, 0.2) is 84.4 Å². The summed E-state index contributed by atoms with van der Waals surface area (Å²) < 4.78 is 18.1. The average Bonchev–Trinajstić information content (AvgIpc) is 2.91. The van der Waals surface area contributed by atoms with Crippen molar-refractivity contribution in [1.82, 2.24) is 0 Å². The Morgan fingerprint density at radius 3 is 2.59 bits per heavy atom. The Morgan fingerprint density at radius 1 is 1.03 bits per heavy atom. The number of anilines is 1. The van der Waals surface area contributed by atoms with Crippen LogP contribution in [0.2, 0.25) is 0 Å². The first-order valence-corrected chi connectivity index (χ1v) is 12.7. The van der Waals surface area contributed by atoms with Gasteiger partial charge in [0.05, 0.1) is 17.3 Å². The quantitative estimate of drug-likeness (QED) is 0.127. The van der Waals surface area contributed by atoms with Crippen molar-refractivity contribution in [2.75, 3.05) is 19.0 Å². The first-order chi connectivity index (χ1) is 18.0. The molecule has 0 saturated heterocycles. The molecule has 4 rings (SSSR count). The Labute approximate surface area is 229 Å². The molecule has 4 aromatic rings. The molecule has 0 atom stereocenters. The van der Waals surface area contributed by atoms with Crippen molar-refractivity contribution in [3.05, 3.63) is 99.1 Å². The van der Waals surface area contributed by atoms with Crippen molar-refractivity contribution in [3.8, 4) is 23.3 Å². The number of ether oxygens (including phenoxy) is 3. The second kappa shape index (κ2) is 12.3. The number of carbonyl (C=O) groups is 1. The highest BCUT2D eigenvalue weighted by atomic mass is 127. The van der Waals surface area contributed by atoms with Gasteiger partial charge >= 0.3 is 0 Å². The van der Waals surface area contributed by atoms with Gasteiger partial charge in [-0.25, -0.2) is 0 Å². The summed E-state index contributed by atoms with van der Waals surface area (Å²) in [6.07, 6.45) is 1.53. The first-order valence-electron chi connectivity index (χ1n) is 11.7. The summed E-state index contributed by atoms with van der Waals surface area (Å²) in [5.41, 5.74) is 2.22. The fourth-order valence-corrected chi connectivity index (χ4v) is 4.66. The van der Waals surface area contributed by atoms with Crippen molar-refractivity contribution < 1.29 is 19.0 Å². The van der Waals surface area contributed by atoms with Gasteiger partial charge in [-0.3, -0.25) is 4.79 Å². The second-order valence-electron chi connectivity index (χ2n) is 8.05. The predicted octanol–water partition coefficient (Wildman–Crippen LogP) is 6.98. The molecule has 4 aromatic carbocycles. The van der Waals surface area contributed by atoms with E-state index in [-0.39, 0.29) is 5.57 Å². The van der Waals surface area contributed by atoms with E-state index in [2.05, 4.69) is 46.1 Å². The Morgan fingerprint density at radius 2 is 1.81 bits per heavy atom. The lowest BCUT2D eigenvalue weighted by Crippen LogP contribution is -2.13. The number of benzene rings is 4. The standard InChI is InChI=1S/C30H25IN2O4/c1-3-36-25-12-7-11-24(17-25)33-30(34)23(18-32)14-20-15-27(31)29(28(16-20)35-2)37-19-22-10-6-9-21-8-4-5-13-26(21)22/h4-17H,3,19H2,1-2H3,(H,33,34)/b23-14-. The summed E-state index contributed by atoms with van der Waals surface area (Å²) in [4.78, 5) is 12.8. The molecule has 0 saturated carbocycles. The highest BCUT2D eigenvalue weighted by Crippen LogP contribution is 2.35. The summed E-state index contributed by atoms with van der Waals surface area (Å²) in [5, 5.41) is 14.7. The maximum absolute atomic E-state index is 12.8. The molecule has 0 aliphatic rings. The molecule has 0 radical (unpaired) electrons. The zero-order valence-electron chi connectivity index (χ0n) is 20.5. The van der Waals surface area contributed by atoms with Gasteiger partial charge in [-0.05, 0) is 81.8 Å². The molecule has 37 heavy (non-hydrogen) atoms. The Bertz CT molecular complexity index is 1500. The number of rotatable bonds is 9. The largest absolute Gasteiger partial charge is 0.494 e. The summed E-state index contributed by atoms with van der Waals surface area (Å²) in [6, 6.07) is 26.9. The van der Waals surface area contributed by atoms with Crippen LogP contribution >= 0.6 is 22.6 Å². The van der Waals surface area contributed by atoms with Crippen molar-refractivity contribution in [2.24, 2.45) is 0 Å². The van der Waals surface area contributed by atoms with Crippen LogP contribution < -0.4 is 19.5 Å².